The van der Waals surface area contributed by atoms with Crippen molar-refractivity contribution in [2.75, 3.05) is 6.54 Å². The second-order valence-corrected chi connectivity index (χ2v) is 8.73. The van der Waals surface area contributed by atoms with E-state index in [1.165, 1.54) is 0 Å². The van der Waals surface area contributed by atoms with Gasteiger partial charge in [0.05, 0.1) is 11.2 Å². The van der Waals surface area contributed by atoms with E-state index in [0.29, 0.717) is 12.5 Å². The van der Waals surface area contributed by atoms with Crippen molar-refractivity contribution in [2.45, 2.75) is 78.6 Å². The summed E-state index contributed by atoms with van der Waals surface area (Å²) in [6, 6.07) is 0. The number of hydrogen-bond donors (Lipinski definition) is 0. The van der Waals surface area contributed by atoms with Gasteiger partial charge in [-0.2, -0.15) is 0 Å². The SMILES string of the molecule is CC1CC(B2OC(C)(C)C(C)(C)O2)=CN(C(=O)OC(C)(C)C)C1. The molecule has 2 aliphatic rings. The molecular weight excluding hydrogens is 293 g/mol. The molecule has 0 radical (unpaired) electrons. The molecule has 2 heterocycles. The van der Waals surface area contributed by atoms with Crippen LogP contribution < -0.4 is 0 Å². The van der Waals surface area contributed by atoms with Crippen LogP contribution >= 0.6 is 0 Å². The number of nitrogens with zero attached hydrogens (tertiary/aromatic N) is 1. The number of carbonyl (C=O) groups excluding carboxylic acids is 1. The van der Waals surface area contributed by atoms with Crippen LogP contribution in [0.4, 0.5) is 4.79 Å². The van der Waals surface area contributed by atoms with Crippen molar-refractivity contribution >= 4 is 13.2 Å². The molecule has 0 N–H and O–H groups in total. The van der Waals surface area contributed by atoms with E-state index in [4.69, 9.17) is 14.0 Å². The maximum Gasteiger partial charge on any atom is 0.492 e. The van der Waals surface area contributed by atoms with Gasteiger partial charge in [-0.1, -0.05) is 6.92 Å². The summed E-state index contributed by atoms with van der Waals surface area (Å²) in [4.78, 5) is 14.0. The molecule has 0 aromatic carbocycles. The lowest BCUT2D eigenvalue weighted by Gasteiger charge is -2.32. The van der Waals surface area contributed by atoms with Gasteiger partial charge in [-0.25, -0.2) is 4.79 Å². The normalized spacial score (nSPS) is 27.0. The molecule has 1 unspecified atom stereocenters. The fourth-order valence-corrected chi connectivity index (χ4v) is 2.71. The molecule has 23 heavy (non-hydrogen) atoms. The molecule has 5 nitrogen and oxygen atoms in total. The Kier molecular flexibility index (Phi) is 4.64. The highest BCUT2D eigenvalue weighted by Gasteiger charge is 2.53. The van der Waals surface area contributed by atoms with Crippen LogP contribution in [-0.2, 0) is 14.0 Å². The maximum absolute atomic E-state index is 12.4. The van der Waals surface area contributed by atoms with Crippen LogP contribution in [0.25, 0.3) is 0 Å². The Morgan fingerprint density at radius 2 is 1.78 bits per heavy atom. The highest BCUT2D eigenvalue weighted by atomic mass is 16.7. The van der Waals surface area contributed by atoms with Crippen molar-refractivity contribution in [1.29, 1.82) is 0 Å². The van der Waals surface area contributed by atoms with E-state index in [2.05, 4.69) is 6.92 Å². The van der Waals surface area contributed by atoms with Crippen LogP contribution in [0.5, 0.6) is 0 Å². The zero-order valence-electron chi connectivity index (χ0n) is 15.7. The minimum absolute atomic E-state index is 0.321. The zero-order valence-corrected chi connectivity index (χ0v) is 15.7. The highest BCUT2D eigenvalue weighted by molar-refractivity contribution is 6.54. The quantitative estimate of drug-likeness (QED) is 0.689. The van der Waals surface area contributed by atoms with Gasteiger partial charge in [-0.15, -0.1) is 0 Å². The molecule has 130 valence electrons. The standard InChI is InChI=1S/C17H30BNO4/c1-12-9-13(18-22-16(5,6)17(7,8)23-18)11-19(10-12)14(20)21-15(2,3)4/h11-12H,9-10H2,1-8H3. The summed E-state index contributed by atoms with van der Waals surface area (Å²) < 4.78 is 17.7. The van der Waals surface area contributed by atoms with E-state index in [1.54, 1.807) is 4.90 Å². The fourth-order valence-electron chi connectivity index (χ4n) is 2.71. The molecule has 1 fully saturated rings. The number of rotatable bonds is 1. The third kappa shape index (κ3) is 4.10. The molecule has 1 saturated heterocycles. The predicted molar refractivity (Wildman–Crippen MR) is 90.9 cm³/mol. The first-order valence-corrected chi connectivity index (χ1v) is 8.36. The van der Waals surface area contributed by atoms with E-state index >= 15 is 0 Å². The molecule has 0 bridgehead atoms. The Bertz CT molecular complexity index is 491. The number of hydrogen-bond acceptors (Lipinski definition) is 4. The number of ether oxygens (including phenoxy) is 1. The first kappa shape index (κ1) is 18.3. The predicted octanol–water partition coefficient (Wildman–Crippen LogP) is 3.78. The second kappa shape index (κ2) is 5.81. The zero-order chi connectivity index (χ0) is 17.6. The van der Waals surface area contributed by atoms with E-state index in [9.17, 15) is 4.79 Å². The Hall–Kier alpha value is -1.01. The van der Waals surface area contributed by atoms with E-state index in [-0.39, 0.29) is 17.3 Å². The van der Waals surface area contributed by atoms with E-state index in [0.717, 1.165) is 11.9 Å². The van der Waals surface area contributed by atoms with Gasteiger partial charge < -0.3 is 14.0 Å². The van der Waals surface area contributed by atoms with Gasteiger partial charge >= 0.3 is 13.2 Å². The summed E-state index contributed by atoms with van der Waals surface area (Å²) in [6.45, 7) is 16.5. The Balaban J connectivity index is 2.17. The second-order valence-electron chi connectivity index (χ2n) is 8.73. The van der Waals surface area contributed by atoms with Crippen LogP contribution in [0.15, 0.2) is 11.7 Å². The van der Waals surface area contributed by atoms with Gasteiger partial charge in [-0.3, -0.25) is 4.90 Å². The van der Waals surface area contributed by atoms with Crippen LogP contribution in [0.2, 0.25) is 0 Å². The third-order valence-electron chi connectivity index (χ3n) is 4.60. The monoisotopic (exact) mass is 323 g/mol. The van der Waals surface area contributed by atoms with E-state index < -0.39 is 12.7 Å². The summed E-state index contributed by atoms with van der Waals surface area (Å²) in [5.41, 5.74) is -0.268. The molecule has 0 aliphatic carbocycles. The molecule has 0 spiro atoms. The number of allylic oxidation sites excluding steroid dienone is 1. The highest BCUT2D eigenvalue weighted by Crippen LogP contribution is 2.40. The van der Waals surface area contributed by atoms with Crippen LogP contribution in [0.1, 0.15) is 61.8 Å². The van der Waals surface area contributed by atoms with Gasteiger partial charge in [0.25, 0.3) is 0 Å². The topological polar surface area (TPSA) is 48.0 Å². The molecule has 1 atom stereocenters. The van der Waals surface area contributed by atoms with Crippen molar-refractivity contribution in [3.8, 4) is 0 Å². The Morgan fingerprint density at radius 1 is 1.26 bits per heavy atom. The molecular formula is C17H30BNO4. The van der Waals surface area contributed by atoms with Crippen LogP contribution in [0.3, 0.4) is 0 Å². The van der Waals surface area contributed by atoms with Crippen molar-refractivity contribution < 1.29 is 18.8 Å². The van der Waals surface area contributed by atoms with Crippen LogP contribution in [0, 0.1) is 5.92 Å². The number of amides is 1. The Morgan fingerprint density at radius 3 is 2.26 bits per heavy atom. The van der Waals surface area contributed by atoms with E-state index in [1.807, 2.05) is 54.7 Å². The fraction of sp³-hybridized carbons (Fsp3) is 0.824. The Labute approximate surface area is 140 Å². The first-order chi connectivity index (χ1) is 10.3. The first-order valence-electron chi connectivity index (χ1n) is 8.36. The summed E-state index contributed by atoms with van der Waals surface area (Å²) in [5, 5.41) is 0. The van der Waals surface area contributed by atoms with Gasteiger partial charge in [0.2, 0.25) is 0 Å². The lowest BCUT2D eigenvalue weighted by molar-refractivity contribution is 0.00578. The van der Waals surface area contributed by atoms with Crippen molar-refractivity contribution in [2.24, 2.45) is 5.92 Å². The smallest absolute Gasteiger partial charge is 0.443 e. The largest absolute Gasteiger partial charge is 0.492 e. The van der Waals surface area contributed by atoms with Crippen molar-refractivity contribution in [3.05, 3.63) is 11.7 Å². The lowest BCUT2D eigenvalue weighted by atomic mass is 9.73. The molecule has 2 aliphatic heterocycles. The summed E-state index contributed by atoms with van der Waals surface area (Å²) in [6.07, 6.45) is 2.38. The van der Waals surface area contributed by atoms with Gasteiger partial charge in [-0.05, 0) is 66.3 Å². The minimum Gasteiger partial charge on any atom is -0.443 e. The third-order valence-corrected chi connectivity index (χ3v) is 4.60. The van der Waals surface area contributed by atoms with Gasteiger partial charge in [0.15, 0.2) is 0 Å². The summed E-state index contributed by atoms with van der Waals surface area (Å²) >= 11 is 0. The van der Waals surface area contributed by atoms with Crippen molar-refractivity contribution in [1.82, 2.24) is 4.90 Å². The molecule has 0 aromatic heterocycles. The summed E-state index contributed by atoms with van der Waals surface area (Å²) in [7, 11) is -0.410. The lowest BCUT2D eigenvalue weighted by Crippen LogP contribution is -2.41. The molecule has 6 heteroatoms. The average Bonchev–Trinajstić information content (AvgIpc) is 2.55. The van der Waals surface area contributed by atoms with Gasteiger partial charge in [0.1, 0.15) is 5.60 Å². The number of carbonyl (C=O) groups is 1. The molecule has 0 saturated carbocycles. The van der Waals surface area contributed by atoms with Crippen molar-refractivity contribution in [3.63, 3.8) is 0 Å². The van der Waals surface area contributed by atoms with Crippen LogP contribution in [-0.4, -0.2) is 41.5 Å². The maximum atomic E-state index is 12.4. The minimum atomic E-state index is -0.504. The molecule has 0 aromatic rings. The molecule has 2 rings (SSSR count). The summed E-state index contributed by atoms with van der Waals surface area (Å²) in [5.74, 6) is 0.335. The average molecular weight is 323 g/mol. The van der Waals surface area contributed by atoms with Gasteiger partial charge in [0, 0.05) is 12.7 Å². The molecule has 1 amide bonds.